The Labute approximate surface area is 199 Å². The van der Waals surface area contributed by atoms with E-state index in [9.17, 15) is 9.59 Å². The molecule has 1 aliphatic heterocycles. The highest BCUT2D eigenvalue weighted by molar-refractivity contribution is 5.92. The first-order chi connectivity index (χ1) is 16.4. The zero-order chi connectivity index (χ0) is 24.1. The second kappa shape index (κ2) is 10.5. The topological polar surface area (TPSA) is 116 Å². The number of aromatic nitrogens is 2. The third-order valence-corrected chi connectivity index (χ3v) is 5.96. The van der Waals surface area contributed by atoms with E-state index in [4.69, 9.17) is 15.7 Å². The first-order valence-electron chi connectivity index (χ1n) is 11.6. The number of carbonyl (C=O) groups is 2. The zero-order valence-corrected chi connectivity index (χ0v) is 19.6. The average Bonchev–Trinajstić information content (AvgIpc) is 2.83. The highest BCUT2D eigenvalue weighted by atomic mass is 16.2. The van der Waals surface area contributed by atoms with Gasteiger partial charge < -0.3 is 21.3 Å². The van der Waals surface area contributed by atoms with Crippen molar-refractivity contribution in [2.75, 3.05) is 36.8 Å². The number of hydrogen-bond acceptors (Lipinski definition) is 6. The summed E-state index contributed by atoms with van der Waals surface area (Å²) in [7, 11) is 0. The summed E-state index contributed by atoms with van der Waals surface area (Å²) in [6.45, 7) is 7.12. The monoisotopic (exact) mass is 461 g/mol. The van der Waals surface area contributed by atoms with Crippen LogP contribution in [0, 0.1) is 5.92 Å². The molecule has 0 unspecified atom stereocenters. The molecular weight excluding hydrogens is 430 g/mol. The van der Waals surface area contributed by atoms with Crippen LogP contribution in [0.3, 0.4) is 0 Å². The fourth-order valence-corrected chi connectivity index (χ4v) is 4.05. The van der Waals surface area contributed by atoms with E-state index in [2.05, 4.69) is 15.5 Å². The number of rotatable bonds is 7. The van der Waals surface area contributed by atoms with Crippen molar-refractivity contribution in [3.63, 3.8) is 0 Å². The van der Waals surface area contributed by atoms with Crippen molar-refractivity contribution in [2.45, 2.75) is 26.4 Å². The van der Waals surface area contributed by atoms with Gasteiger partial charge in [-0.2, -0.15) is 0 Å². The maximum absolute atomic E-state index is 12.6. The van der Waals surface area contributed by atoms with Crippen molar-refractivity contribution in [2.24, 2.45) is 11.7 Å². The lowest BCUT2D eigenvalue weighted by Crippen LogP contribution is -2.49. The second-order valence-corrected chi connectivity index (χ2v) is 8.83. The molecule has 1 aromatic heterocycles. The number of nitrogens with one attached hydrogen (secondary N) is 2. The van der Waals surface area contributed by atoms with Crippen LogP contribution in [0.5, 0.6) is 0 Å². The van der Waals surface area contributed by atoms with Gasteiger partial charge >= 0.3 is 6.03 Å². The molecule has 0 saturated carbocycles. The molecule has 1 saturated heterocycles. The quantitative estimate of drug-likeness (QED) is 0.498. The van der Waals surface area contributed by atoms with Crippen LogP contribution in [-0.2, 0) is 11.3 Å². The molecular formula is C25H31N7O2. The van der Waals surface area contributed by atoms with Gasteiger partial charge in [-0.15, -0.1) is 0 Å². The molecule has 2 heterocycles. The number of primary amides is 1. The van der Waals surface area contributed by atoms with Crippen LogP contribution in [-0.4, -0.2) is 63.9 Å². The van der Waals surface area contributed by atoms with Gasteiger partial charge in [0, 0.05) is 37.3 Å². The first kappa shape index (κ1) is 23.4. The van der Waals surface area contributed by atoms with E-state index >= 15 is 0 Å². The molecule has 1 fully saturated rings. The SMILES string of the molecule is CC(C)[C@H](Nc1nc(CN2CCN(C(=O)Nc3ccccc3)CC2)nc2ccccc12)C(N)=O. The third kappa shape index (κ3) is 5.60. The van der Waals surface area contributed by atoms with Gasteiger partial charge in [0.05, 0.1) is 12.1 Å². The molecule has 0 aliphatic carbocycles. The molecule has 2 aromatic carbocycles. The number of hydrogen-bond donors (Lipinski definition) is 3. The maximum Gasteiger partial charge on any atom is 0.321 e. The fourth-order valence-electron chi connectivity index (χ4n) is 4.05. The summed E-state index contributed by atoms with van der Waals surface area (Å²) in [4.78, 5) is 38.0. The van der Waals surface area contributed by atoms with Crippen molar-refractivity contribution in [3.05, 3.63) is 60.4 Å². The van der Waals surface area contributed by atoms with E-state index in [0.717, 1.165) is 29.7 Å². The Kier molecular flexibility index (Phi) is 7.22. The standard InChI is InChI=1S/C25H31N7O2/c1-17(2)22(23(26)33)30-24-19-10-6-7-11-20(19)28-21(29-24)16-31-12-14-32(15-13-31)25(34)27-18-8-4-3-5-9-18/h3-11,17,22H,12-16H2,1-2H3,(H2,26,33)(H,27,34)(H,28,29,30)/t22-/m0/s1. The number of nitrogens with zero attached hydrogens (tertiary/aromatic N) is 4. The summed E-state index contributed by atoms with van der Waals surface area (Å²) in [5.41, 5.74) is 7.21. The predicted octanol–water partition coefficient (Wildman–Crippen LogP) is 2.90. The Balaban J connectivity index is 1.43. The summed E-state index contributed by atoms with van der Waals surface area (Å²) in [6.07, 6.45) is 0. The summed E-state index contributed by atoms with van der Waals surface area (Å²) < 4.78 is 0. The Hall–Kier alpha value is -3.72. The van der Waals surface area contributed by atoms with Crippen LogP contribution in [0.4, 0.5) is 16.3 Å². The average molecular weight is 462 g/mol. The number of fused-ring (bicyclic) bond motifs is 1. The Morgan fingerprint density at radius 3 is 2.32 bits per heavy atom. The van der Waals surface area contributed by atoms with E-state index in [1.807, 2.05) is 73.3 Å². The molecule has 0 radical (unpaired) electrons. The van der Waals surface area contributed by atoms with Crippen molar-refractivity contribution in [3.8, 4) is 0 Å². The molecule has 1 aliphatic rings. The van der Waals surface area contributed by atoms with Crippen molar-refractivity contribution >= 4 is 34.3 Å². The summed E-state index contributed by atoms with van der Waals surface area (Å²) in [5.74, 6) is 0.878. The van der Waals surface area contributed by atoms with E-state index < -0.39 is 11.9 Å². The van der Waals surface area contributed by atoms with Gasteiger partial charge in [0.2, 0.25) is 5.91 Å². The van der Waals surface area contributed by atoms with Crippen LogP contribution in [0.15, 0.2) is 54.6 Å². The summed E-state index contributed by atoms with van der Waals surface area (Å²) >= 11 is 0. The molecule has 3 amide bonds. The Morgan fingerprint density at radius 2 is 1.65 bits per heavy atom. The highest BCUT2D eigenvalue weighted by Crippen LogP contribution is 2.23. The minimum Gasteiger partial charge on any atom is -0.368 e. The number of amides is 3. The predicted molar refractivity (Wildman–Crippen MR) is 133 cm³/mol. The Morgan fingerprint density at radius 1 is 0.971 bits per heavy atom. The second-order valence-electron chi connectivity index (χ2n) is 8.83. The molecule has 3 aromatic rings. The largest absolute Gasteiger partial charge is 0.368 e. The smallest absolute Gasteiger partial charge is 0.321 e. The van der Waals surface area contributed by atoms with Crippen molar-refractivity contribution in [1.82, 2.24) is 19.8 Å². The minimum absolute atomic E-state index is 0.0183. The van der Waals surface area contributed by atoms with Crippen LogP contribution in [0.1, 0.15) is 19.7 Å². The number of nitrogens with two attached hydrogens (primary N) is 1. The van der Waals surface area contributed by atoms with Crippen LogP contribution < -0.4 is 16.4 Å². The van der Waals surface area contributed by atoms with Crippen molar-refractivity contribution in [1.29, 1.82) is 0 Å². The van der Waals surface area contributed by atoms with Crippen LogP contribution in [0.25, 0.3) is 10.9 Å². The lowest BCUT2D eigenvalue weighted by molar-refractivity contribution is -0.119. The van der Waals surface area contributed by atoms with Crippen LogP contribution in [0.2, 0.25) is 0 Å². The molecule has 4 rings (SSSR count). The van der Waals surface area contributed by atoms with E-state index in [1.165, 1.54) is 0 Å². The van der Waals surface area contributed by atoms with Gasteiger partial charge in [-0.3, -0.25) is 9.69 Å². The molecule has 9 nitrogen and oxygen atoms in total. The van der Waals surface area contributed by atoms with Gasteiger partial charge in [0.1, 0.15) is 17.7 Å². The van der Waals surface area contributed by atoms with E-state index in [-0.39, 0.29) is 11.9 Å². The molecule has 34 heavy (non-hydrogen) atoms. The molecule has 1 atom stereocenters. The number of urea groups is 1. The number of benzene rings is 2. The highest BCUT2D eigenvalue weighted by Gasteiger charge is 2.24. The number of piperazine rings is 1. The lowest BCUT2D eigenvalue weighted by atomic mass is 10.0. The van der Waals surface area contributed by atoms with Gasteiger partial charge in [-0.25, -0.2) is 14.8 Å². The zero-order valence-electron chi connectivity index (χ0n) is 19.6. The third-order valence-electron chi connectivity index (χ3n) is 5.96. The first-order valence-corrected chi connectivity index (χ1v) is 11.6. The minimum atomic E-state index is -0.530. The molecule has 0 spiro atoms. The van der Waals surface area contributed by atoms with Gasteiger partial charge in [-0.05, 0) is 30.2 Å². The fraction of sp³-hybridized carbons (Fsp3) is 0.360. The van der Waals surface area contributed by atoms with Crippen LogP contribution >= 0.6 is 0 Å². The van der Waals surface area contributed by atoms with E-state index in [1.54, 1.807) is 0 Å². The molecule has 4 N–H and O–H groups in total. The van der Waals surface area contributed by atoms with Gasteiger partial charge in [0.15, 0.2) is 0 Å². The van der Waals surface area contributed by atoms with Crippen molar-refractivity contribution < 1.29 is 9.59 Å². The normalized spacial score (nSPS) is 15.3. The number of para-hydroxylation sites is 2. The Bertz CT molecular complexity index is 1140. The van der Waals surface area contributed by atoms with Gasteiger partial charge in [0.25, 0.3) is 0 Å². The maximum atomic E-state index is 12.6. The van der Waals surface area contributed by atoms with E-state index in [0.29, 0.717) is 31.3 Å². The number of carbonyl (C=O) groups excluding carboxylic acids is 2. The van der Waals surface area contributed by atoms with Gasteiger partial charge in [-0.1, -0.05) is 44.2 Å². The molecule has 0 bridgehead atoms. The summed E-state index contributed by atoms with van der Waals surface area (Å²) in [5, 5.41) is 7.02. The lowest BCUT2D eigenvalue weighted by Gasteiger charge is -2.34. The summed E-state index contributed by atoms with van der Waals surface area (Å²) in [6, 6.07) is 16.6. The number of anilines is 2. The molecule has 178 valence electrons. The molecule has 9 heteroatoms.